The van der Waals surface area contributed by atoms with Crippen LogP contribution in [-0.2, 0) is 6.54 Å². The van der Waals surface area contributed by atoms with Gasteiger partial charge in [0.1, 0.15) is 5.58 Å². The van der Waals surface area contributed by atoms with E-state index in [0.29, 0.717) is 22.5 Å². The molecule has 1 amide bonds. The van der Waals surface area contributed by atoms with Crippen molar-refractivity contribution in [2.45, 2.75) is 32.5 Å². The van der Waals surface area contributed by atoms with Gasteiger partial charge in [0.15, 0.2) is 5.76 Å². The highest BCUT2D eigenvalue weighted by Gasteiger charge is 2.33. The van der Waals surface area contributed by atoms with Crippen molar-refractivity contribution in [3.63, 3.8) is 0 Å². The third-order valence-electron chi connectivity index (χ3n) is 5.60. The van der Waals surface area contributed by atoms with Crippen molar-refractivity contribution in [1.29, 1.82) is 0 Å². The van der Waals surface area contributed by atoms with Crippen molar-refractivity contribution >= 4 is 34.2 Å². The highest BCUT2D eigenvalue weighted by atomic mass is 35.5. The van der Waals surface area contributed by atoms with Gasteiger partial charge in [-0.1, -0.05) is 23.7 Å². The molecular weight excluding hydrogens is 406 g/mol. The fourth-order valence-corrected chi connectivity index (χ4v) is 4.04. The van der Waals surface area contributed by atoms with Crippen LogP contribution in [0.5, 0.6) is 0 Å². The fourth-order valence-electron chi connectivity index (χ4n) is 3.92. The van der Waals surface area contributed by atoms with Gasteiger partial charge in [-0.3, -0.25) is 19.8 Å². The van der Waals surface area contributed by atoms with E-state index in [0.717, 1.165) is 13.1 Å². The molecule has 2 aromatic carbocycles. The van der Waals surface area contributed by atoms with Gasteiger partial charge in [-0.25, -0.2) is 0 Å². The molecule has 0 aliphatic carbocycles. The maximum atomic E-state index is 13.1. The second-order valence-corrected chi connectivity index (χ2v) is 8.24. The number of rotatable bonds is 4. The Balaban J connectivity index is 1.49. The van der Waals surface area contributed by atoms with Gasteiger partial charge in [-0.2, -0.15) is 0 Å². The number of hydrogen-bond donors (Lipinski definition) is 0. The van der Waals surface area contributed by atoms with Gasteiger partial charge in [-0.05, 0) is 43.7 Å². The van der Waals surface area contributed by atoms with Crippen molar-refractivity contribution in [1.82, 2.24) is 9.80 Å². The molecule has 0 N–H and O–H groups in total. The molecule has 0 radical (unpaired) electrons. The number of carbonyl (C=O) groups is 1. The number of non-ortho nitro benzene ring substituents is 1. The minimum Gasteiger partial charge on any atom is -0.451 e. The first-order valence-corrected chi connectivity index (χ1v) is 10.2. The van der Waals surface area contributed by atoms with E-state index in [2.05, 4.69) is 11.8 Å². The summed E-state index contributed by atoms with van der Waals surface area (Å²) in [4.78, 5) is 27.8. The number of hydrogen-bond acceptors (Lipinski definition) is 5. The molecule has 2 heterocycles. The summed E-state index contributed by atoms with van der Waals surface area (Å²) in [6.45, 7) is 6.22. The molecule has 30 heavy (non-hydrogen) atoms. The molecule has 0 bridgehead atoms. The lowest BCUT2D eigenvalue weighted by Crippen LogP contribution is -2.57. The molecule has 1 aliphatic rings. The first-order chi connectivity index (χ1) is 14.3. The van der Waals surface area contributed by atoms with E-state index < -0.39 is 4.92 Å². The van der Waals surface area contributed by atoms with E-state index in [-0.39, 0.29) is 29.4 Å². The van der Waals surface area contributed by atoms with Crippen molar-refractivity contribution in [2.24, 2.45) is 0 Å². The van der Waals surface area contributed by atoms with E-state index in [4.69, 9.17) is 16.0 Å². The van der Waals surface area contributed by atoms with Crippen LogP contribution in [0, 0.1) is 10.1 Å². The molecular formula is C22H22ClN3O4. The van der Waals surface area contributed by atoms with E-state index in [9.17, 15) is 14.9 Å². The number of piperazine rings is 1. The Morgan fingerprint density at radius 1 is 1.13 bits per heavy atom. The van der Waals surface area contributed by atoms with Crippen molar-refractivity contribution in [2.75, 3.05) is 13.1 Å². The SMILES string of the molecule is C[C@@H]1CN(C(=O)c2cc3cc([N+](=O)[O-])ccc3o2)[C@@H](C)CN1Cc1ccc(Cl)cc1. The number of carbonyl (C=O) groups excluding carboxylic acids is 1. The summed E-state index contributed by atoms with van der Waals surface area (Å²) in [5.74, 6) is 0.00930. The van der Waals surface area contributed by atoms with Gasteiger partial charge in [-0.15, -0.1) is 0 Å². The average molecular weight is 428 g/mol. The maximum absolute atomic E-state index is 13.1. The molecule has 1 saturated heterocycles. The number of halogens is 1. The number of fused-ring (bicyclic) bond motifs is 1. The van der Waals surface area contributed by atoms with Crippen LogP contribution in [-0.4, -0.2) is 45.8 Å². The Hall–Kier alpha value is -2.90. The number of nitro benzene ring substituents is 1. The second kappa shape index (κ2) is 8.08. The number of nitrogens with zero attached hydrogens (tertiary/aromatic N) is 3. The zero-order chi connectivity index (χ0) is 21.4. The molecule has 156 valence electrons. The number of amides is 1. The maximum Gasteiger partial charge on any atom is 0.289 e. The summed E-state index contributed by atoms with van der Waals surface area (Å²) in [5, 5.41) is 12.2. The molecule has 1 aliphatic heterocycles. The quantitative estimate of drug-likeness (QED) is 0.444. The summed E-state index contributed by atoms with van der Waals surface area (Å²) in [5.41, 5.74) is 1.61. The van der Waals surface area contributed by atoms with E-state index >= 15 is 0 Å². The highest BCUT2D eigenvalue weighted by Crippen LogP contribution is 2.27. The van der Waals surface area contributed by atoms with Crippen LogP contribution in [0.25, 0.3) is 11.0 Å². The van der Waals surface area contributed by atoms with E-state index in [1.54, 1.807) is 6.07 Å². The molecule has 0 saturated carbocycles. The van der Waals surface area contributed by atoms with Crippen LogP contribution in [0.4, 0.5) is 5.69 Å². The minimum absolute atomic E-state index is 0.00329. The molecule has 4 rings (SSSR count). The average Bonchev–Trinajstić information content (AvgIpc) is 3.15. The van der Waals surface area contributed by atoms with Crippen molar-refractivity contribution in [3.8, 4) is 0 Å². The third-order valence-corrected chi connectivity index (χ3v) is 5.85. The molecule has 1 aromatic heterocycles. The zero-order valence-electron chi connectivity index (χ0n) is 16.7. The van der Waals surface area contributed by atoms with Crippen LogP contribution in [0.15, 0.2) is 52.9 Å². The van der Waals surface area contributed by atoms with Gasteiger partial charge < -0.3 is 9.32 Å². The van der Waals surface area contributed by atoms with Crippen LogP contribution >= 0.6 is 11.6 Å². The lowest BCUT2D eigenvalue weighted by Gasteiger charge is -2.43. The Morgan fingerprint density at radius 3 is 2.57 bits per heavy atom. The van der Waals surface area contributed by atoms with Crippen LogP contribution < -0.4 is 0 Å². The number of benzene rings is 2. The van der Waals surface area contributed by atoms with Crippen LogP contribution in [0.2, 0.25) is 5.02 Å². The Kier molecular flexibility index (Phi) is 5.49. The Morgan fingerprint density at radius 2 is 1.87 bits per heavy atom. The molecule has 2 atom stereocenters. The predicted molar refractivity (Wildman–Crippen MR) is 115 cm³/mol. The standard InChI is InChI=1S/C22H22ClN3O4/c1-14-12-25(15(2)11-24(14)13-16-3-5-18(23)6-4-16)22(27)21-10-17-9-19(26(28)29)7-8-20(17)30-21/h3-10,14-15H,11-13H2,1-2H3/t14-,15+/m1/s1. The highest BCUT2D eigenvalue weighted by molar-refractivity contribution is 6.30. The first kappa shape index (κ1) is 20.4. The van der Waals surface area contributed by atoms with Gasteiger partial charge >= 0.3 is 0 Å². The molecule has 1 fully saturated rings. The Bertz CT molecular complexity index is 1100. The first-order valence-electron chi connectivity index (χ1n) is 9.79. The van der Waals surface area contributed by atoms with Crippen molar-refractivity contribution in [3.05, 3.63) is 75.0 Å². The fraction of sp³-hybridized carbons (Fsp3) is 0.318. The molecule has 8 heteroatoms. The van der Waals surface area contributed by atoms with Gasteiger partial charge in [0.25, 0.3) is 11.6 Å². The van der Waals surface area contributed by atoms with Crippen molar-refractivity contribution < 1.29 is 14.1 Å². The Labute approximate surface area is 179 Å². The van der Waals surface area contributed by atoms with Gasteiger partial charge in [0.05, 0.1) is 4.92 Å². The molecule has 3 aromatic rings. The molecule has 0 spiro atoms. The summed E-state index contributed by atoms with van der Waals surface area (Å²) in [6, 6.07) is 13.9. The van der Waals surface area contributed by atoms with Crippen LogP contribution in [0.3, 0.4) is 0 Å². The largest absolute Gasteiger partial charge is 0.451 e. The predicted octanol–water partition coefficient (Wildman–Crippen LogP) is 4.73. The lowest BCUT2D eigenvalue weighted by atomic mass is 10.1. The third kappa shape index (κ3) is 4.04. The summed E-state index contributed by atoms with van der Waals surface area (Å²) < 4.78 is 5.70. The topological polar surface area (TPSA) is 79.8 Å². The monoisotopic (exact) mass is 427 g/mol. The van der Waals surface area contributed by atoms with Gasteiger partial charge in [0.2, 0.25) is 0 Å². The normalized spacial score (nSPS) is 19.9. The summed E-state index contributed by atoms with van der Waals surface area (Å²) >= 11 is 5.97. The van der Waals surface area contributed by atoms with E-state index in [1.807, 2.05) is 36.1 Å². The lowest BCUT2D eigenvalue weighted by molar-refractivity contribution is -0.384. The van der Waals surface area contributed by atoms with E-state index in [1.165, 1.54) is 23.8 Å². The summed E-state index contributed by atoms with van der Waals surface area (Å²) in [6.07, 6.45) is 0. The van der Waals surface area contributed by atoms with Crippen LogP contribution in [0.1, 0.15) is 30.0 Å². The minimum atomic E-state index is -0.461. The molecule has 0 unspecified atom stereocenters. The second-order valence-electron chi connectivity index (χ2n) is 7.80. The zero-order valence-corrected chi connectivity index (χ0v) is 17.5. The van der Waals surface area contributed by atoms with Gasteiger partial charge in [0, 0.05) is 54.3 Å². The molecule has 7 nitrogen and oxygen atoms in total. The number of nitro groups is 1. The number of furan rings is 1. The summed E-state index contributed by atoms with van der Waals surface area (Å²) in [7, 11) is 0. The smallest absolute Gasteiger partial charge is 0.289 e.